The van der Waals surface area contributed by atoms with E-state index in [1.807, 2.05) is 24.3 Å². The molecule has 0 spiro atoms. The number of halogens is 4. The molecule has 2 rings (SSSR count). The van der Waals surface area contributed by atoms with E-state index in [-0.39, 0.29) is 0 Å². The largest absolute Gasteiger partial charge is 0.248 e. The first kappa shape index (κ1) is 11.3. The monoisotopic (exact) mass is 279 g/mol. The molecular weight excluding hydrogens is 276 g/mol. The molecule has 1 aromatic carbocycles. The van der Waals surface area contributed by atoms with Crippen LogP contribution in [0.4, 0.5) is 0 Å². The summed E-state index contributed by atoms with van der Waals surface area (Å²) in [6.45, 7) is 0. The van der Waals surface area contributed by atoms with E-state index in [1.54, 1.807) is 6.07 Å². The molecule has 0 bridgehead atoms. The molecule has 0 aliphatic heterocycles. The summed E-state index contributed by atoms with van der Waals surface area (Å²) >= 11 is 23.3. The van der Waals surface area contributed by atoms with E-state index in [4.69, 9.17) is 46.4 Å². The summed E-state index contributed by atoms with van der Waals surface area (Å²) in [5, 5.41) is 1.37. The molecule has 0 atom stereocenters. The van der Waals surface area contributed by atoms with Crippen molar-refractivity contribution in [2.24, 2.45) is 0 Å². The third kappa shape index (κ3) is 2.31. The Kier molecular flexibility index (Phi) is 3.00. The quantitative estimate of drug-likeness (QED) is 0.637. The summed E-state index contributed by atoms with van der Waals surface area (Å²) in [5.41, 5.74) is 1.04. The first-order chi connectivity index (χ1) is 6.98. The summed E-state index contributed by atoms with van der Waals surface area (Å²) in [6, 6.07) is 8.99. The molecule has 78 valence electrons. The molecule has 0 radical (unpaired) electrons. The Balaban J connectivity index is 2.73. The van der Waals surface area contributed by atoms with Gasteiger partial charge in [0.15, 0.2) is 0 Å². The molecule has 0 amide bonds. The van der Waals surface area contributed by atoms with E-state index < -0.39 is 3.79 Å². The molecule has 0 saturated heterocycles. The minimum absolute atomic E-state index is 0.330. The summed E-state index contributed by atoms with van der Waals surface area (Å²) in [7, 11) is 0. The molecule has 1 aromatic heterocycles. The number of hydrogen-bond acceptors (Lipinski definition) is 1. The van der Waals surface area contributed by atoms with Crippen molar-refractivity contribution >= 4 is 57.3 Å². The first-order valence-corrected chi connectivity index (χ1v) is 5.62. The lowest BCUT2D eigenvalue weighted by molar-refractivity contribution is 1.12. The Morgan fingerprint density at radius 1 is 1.07 bits per heavy atom. The first-order valence-electron chi connectivity index (χ1n) is 4.11. The molecule has 0 aliphatic carbocycles. The molecule has 0 unspecified atom stereocenters. The Hall–Kier alpha value is -0.210. The predicted octanol–water partition coefficient (Wildman–Crippen LogP) is 4.71. The lowest BCUT2D eigenvalue weighted by Gasteiger charge is -2.11. The van der Waals surface area contributed by atoms with Crippen LogP contribution in [0.25, 0.3) is 10.9 Å². The van der Waals surface area contributed by atoms with Crippen LogP contribution in [0.15, 0.2) is 30.3 Å². The molecule has 0 aliphatic rings. The van der Waals surface area contributed by atoms with Gasteiger partial charge >= 0.3 is 0 Å². The van der Waals surface area contributed by atoms with E-state index in [2.05, 4.69) is 4.98 Å². The second-order valence-corrected chi connectivity index (χ2v) is 5.69. The van der Waals surface area contributed by atoms with Crippen molar-refractivity contribution in [3.8, 4) is 0 Å². The van der Waals surface area contributed by atoms with Crippen molar-refractivity contribution in [2.75, 3.05) is 0 Å². The SMILES string of the molecule is Clc1cc(C(Cl)(Cl)Cl)nc2ccccc12. The lowest BCUT2D eigenvalue weighted by atomic mass is 10.2. The second kappa shape index (κ2) is 3.99. The third-order valence-corrected chi connectivity index (χ3v) is 2.85. The van der Waals surface area contributed by atoms with Gasteiger partial charge in [-0.25, -0.2) is 4.98 Å². The van der Waals surface area contributed by atoms with E-state index in [9.17, 15) is 0 Å². The molecule has 2 aromatic rings. The van der Waals surface area contributed by atoms with Crippen molar-refractivity contribution in [1.29, 1.82) is 0 Å². The fourth-order valence-electron chi connectivity index (χ4n) is 1.28. The van der Waals surface area contributed by atoms with Crippen molar-refractivity contribution in [3.63, 3.8) is 0 Å². The van der Waals surface area contributed by atoms with Crippen molar-refractivity contribution in [2.45, 2.75) is 3.79 Å². The van der Waals surface area contributed by atoms with Crippen molar-refractivity contribution in [1.82, 2.24) is 4.98 Å². The number of alkyl halides is 3. The highest BCUT2D eigenvalue weighted by molar-refractivity contribution is 6.66. The van der Waals surface area contributed by atoms with Crippen LogP contribution >= 0.6 is 46.4 Å². The van der Waals surface area contributed by atoms with Crippen LogP contribution in [0.1, 0.15) is 5.69 Å². The van der Waals surface area contributed by atoms with Gasteiger partial charge in [0.1, 0.15) is 0 Å². The molecule has 15 heavy (non-hydrogen) atoms. The molecule has 0 fully saturated rings. The number of aromatic nitrogens is 1. The van der Waals surface area contributed by atoms with Crippen LogP contribution in [0.2, 0.25) is 5.02 Å². The molecule has 0 N–H and O–H groups in total. The number of fused-ring (bicyclic) bond motifs is 1. The fourth-order valence-corrected chi connectivity index (χ4v) is 1.83. The molecule has 0 saturated carbocycles. The maximum atomic E-state index is 6.05. The zero-order valence-corrected chi connectivity index (χ0v) is 10.4. The molecule has 1 heterocycles. The van der Waals surface area contributed by atoms with Gasteiger partial charge in [0.25, 0.3) is 0 Å². The third-order valence-electron chi connectivity index (χ3n) is 1.96. The van der Waals surface area contributed by atoms with Gasteiger partial charge in [-0.15, -0.1) is 0 Å². The van der Waals surface area contributed by atoms with Crippen LogP contribution in [-0.2, 0) is 3.79 Å². The van der Waals surface area contributed by atoms with Crippen molar-refractivity contribution in [3.05, 3.63) is 41.0 Å². The maximum Gasteiger partial charge on any atom is 0.232 e. The van der Waals surface area contributed by atoms with Gasteiger partial charge in [0.05, 0.1) is 16.2 Å². The topological polar surface area (TPSA) is 12.9 Å². The van der Waals surface area contributed by atoms with Gasteiger partial charge in [0.2, 0.25) is 3.79 Å². The zero-order chi connectivity index (χ0) is 11.1. The average molecular weight is 281 g/mol. The van der Waals surface area contributed by atoms with Gasteiger partial charge in [-0.05, 0) is 12.1 Å². The van der Waals surface area contributed by atoms with Crippen molar-refractivity contribution < 1.29 is 0 Å². The normalized spacial score (nSPS) is 12.0. The van der Waals surface area contributed by atoms with Gasteiger partial charge in [-0.3, -0.25) is 0 Å². The summed E-state index contributed by atoms with van der Waals surface area (Å²) in [4.78, 5) is 4.23. The Labute approximate surface area is 107 Å². The smallest absolute Gasteiger partial charge is 0.232 e. The highest BCUT2D eigenvalue weighted by atomic mass is 35.6. The highest BCUT2D eigenvalue weighted by Crippen LogP contribution is 2.39. The summed E-state index contributed by atoms with van der Waals surface area (Å²) < 4.78 is -1.55. The van der Waals surface area contributed by atoms with E-state index in [0.29, 0.717) is 16.2 Å². The van der Waals surface area contributed by atoms with Crippen LogP contribution < -0.4 is 0 Å². The van der Waals surface area contributed by atoms with E-state index in [1.165, 1.54) is 0 Å². The van der Waals surface area contributed by atoms with Crippen LogP contribution in [0.5, 0.6) is 0 Å². The highest BCUT2D eigenvalue weighted by Gasteiger charge is 2.25. The molecule has 1 nitrogen and oxygen atoms in total. The minimum Gasteiger partial charge on any atom is -0.248 e. The number of benzene rings is 1. The number of nitrogens with zero attached hydrogens (tertiary/aromatic N) is 1. The van der Waals surface area contributed by atoms with Gasteiger partial charge in [0, 0.05) is 5.39 Å². The van der Waals surface area contributed by atoms with Crippen LogP contribution in [0.3, 0.4) is 0 Å². The predicted molar refractivity (Wildman–Crippen MR) is 66.0 cm³/mol. The number of rotatable bonds is 0. The average Bonchev–Trinajstić information content (AvgIpc) is 2.16. The number of para-hydroxylation sites is 1. The van der Waals surface area contributed by atoms with E-state index >= 15 is 0 Å². The Morgan fingerprint density at radius 3 is 2.40 bits per heavy atom. The van der Waals surface area contributed by atoms with E-state index in [0.717, 1.165) is 5.39 Å². The van der Waals surface area contributed by atoms with Gasteiger partial charge < -0.3 is 0 Å². The van der Waals surface area contributed by atoms with Crippen LogP contribution in [0, 0.1) is 0 Å². The minimum atomic E-state index is -1.55. The standard InChI is InChI=1S/C10H5Cl4N/c11-7-5-9(10(12,13)14)15-8-4-2-1-3-6(7)8/h1-5H. The Morgan fingerprint density at radius 2 is 1.73 bits per heavy atom. The van der Waals surface area contributed by atoms with Crippen LogP contribution in [-0.4, -0.2) is 4.98 Å². The summed E-state index contributed by atoms with van der Waals surface area (Å²) in [6.07, 6.45) is 0. The molecule has 5 heteroatoms. The Bertz CT molecular complexity index is 504. The number of pyridine rings is 1. The zero-order valence-electron chi connectivity index (χ0n) is 7.35. The summed E-state index contributed by atoms with van der Waals surface area (Å²) in [5.74, 6) is 0. The lowest BCUT2D eigenvalue weighted by Crippen LogP contribution is -2.03. The van der Waals surface area contributed by atoms with Gasteiger partial charge in [-0.1, -0.05) is 64.6 Å². The number of hydrogen-bond donors (Lipinski definition) is 0. The molecular formula is C10H5Cl4N. The van der Waals surface area contributed by atoms with Gasteiger partial charge in [-0.2, -0.15) is 0 Å². The fraction of sp³-hybridized carbons (Fsp3) is 0.100. The maximum absolute atomic E-state index is 6.05. The second-order valence-electron chi connectivity index (χ2n) is 3.00.